The van der Waals surface area contributed by atoms with Gasteiger partial charge in [0.15, 0.2) is 0 Å². The summed E-state index contributed by atoms with van der Waals surface area (Å²) in [6, 6.07) is 22.3. The minimum absolute atomic E-state index is 0.253. The maximum absolute atomic E-state index is 13.3. The van der Waals surface area contributed by atoms with Crippen LogP contribution in [-0.4, -0.2) is 4.98 Å². The molecule has 3 heteroatoms. The second-order valence-corrected chi connectivity index (χ2v) is 6.02. The fourth-order valence-corrected chi connectivity index (χ4v) is 3.10. The Morgan fingerprint density at radius 3 is 2.29 bits per heavy atom. The van der Waals surface area contributed by atoms with E-state index in [4.69, 9.17) is 11.6 Å². The molecule has 0 saturated heterocycles. The third kappa shape index (κ3) is 2.66. The summed E-state index contributed by atoms with van der Waals surface area (Å²) in [5, 5.41) is 1.65. The highest BCUT2D eigenvalue weighted by Crippen LogP contribution is 2.37. The molecule has 4 rings (SSSR count). The summed E-state index contributed by atoms with van der Waals surface area (Å²) >= 11 is 6.22. The largest absolute Gasteiger partial charge is 0.256 e. The third-order valence-corrected chi connectivity index (χ3v) is 4.28. The minimum Gasteiger partial charge on any atom is -0.256 e. The fourth-order valence-electron chi connectivity index (χ4n) is 2.93. The second-order valence-electron chi connectivity index (χ2n) is 5.58. The summed E-state index contributed by atoms with van der Waals surface area (Å²) in [5.41, 5.74) is 4.88. The summed E-state index contributed by atoms with van der Waals surface area (Å²) in [5.74, 6) is -0.253. The van der Waals surface area contributed by atoms with E-state index in [1.54, 1.807) is 12.1 Å². The number of rotatable bonds is 2. The molecule has 0 aliphatic carbocycles. The molecular formula is C21H13ClFN. The quantitative estimate of drug-likeness (QED) is 0.416. The lowest BCUT2D eigenvalue weighted by molar-refractivity contribution is 0.628. The van der Waals surface area contributed by atoms with Gasteiger partial charge in [-0.2, -0.15) is 0 Å². The van der Waals surface area contributed by atoms with Crippen molar-refractivity contribution < 1.29 is 4.39 Å². The molecule has 4 aromatic rings. The van der Waals surface area contributed by atoms with Crippen LogP contribution in [0.15, 0.2) is 79.0 Å². The minimum atomic E-state index is -0.253. The standard InChI is InChI=1S/C21H13ClFN/c22-16-8-11-20-18(12-16)21(15-4-2-1-3-5-15)19(13-24-20)14-6-9-17(23)10-7-14/h1-13H. The van der Waals surface area contributed by atoms with Crippen LogP contribution in [0.1, 0.15) is 0 Å². The van der Waals surface area contributed by atoms with Crippen molar-refractivity contribution in [3.8, 4) is 22.3 Å². The van der Waals surface area contributed by atoms with Gasteiger partial charge in [0.1, 0.15) is 5.82 Å². The summed E-state index contributed by atoms with van der Waals surface area (Å²) in [6.45, 7) is 0. The highest BCUT2D eigenvalue weighted by Gasteiger charge is 2.13. The molecule has 0 bridgehead atoms. The first-order valence-corrected chi connectivity index (χ1v) is 8.00. The SMILES string of the molecule is Fc1ccc(-c2cnc3ccc(Cl)cc3c2-c2ccccc2)cc1. The molecule has 24 heavy (non-hydrogen) atoms. The highest BCUT2D eigenvalue weighted by molar-refractivity contribution is 6.31. The van der Waals surface area contributed by atoms with Gasteiger partial charge in [0.25, 0.3) is 0 Å². The molecule has 0 aliphatic heterocycles. The molecule has 0 saturated carbocycles. The lowest BCUT2D eigenvalue weighted by Gasteiger charge is -2.13. The third-order valence-electron chi connectivity index (χ3n) is 4.05. The average Bonchev–Trinajstić information content (AvgIpc) is 2.62. The number of aromatic nitrogens is 1. The Bertz CT molecular complexity index is 1010. The van der Waals surface area contributed by atoms with Crippen LogP contribution >= 0.6 is 11.6 Å². The molecule has 3 aromatic carbocycles. The molecule has 0 aliphatic rings. The van der Waals surface area contributed by atoms with E-state index in [1.807, 2.05) is 42.6 Å². The van der Waals surface area contributed by atoms with Crippen molar-refractivity contribution in [3.05, 3.63) is 89.8 Å². The topological polar surface area (TPSA) is 12.9 Å². The van der Waals surface area contributed by atoms with E-state index in [-0.39, 0.29) is 5.82 Å². The van der Waals surface area contributed by atoms with Crippen molar-refractivity contribution >= 4 is 22.5 Å². The van der Waals surface area contributed by atoms with Gasteiger partial charge in [0, 0.05) is 27.7 Å². The van der Waals surface area contributed by atoms with Crippen LogP contribution in [0.2, 0.25) is 5.02 Å². The molecule has 0 fully saturated rings. The van der Waals surface area contributed by atoms with E-state index in [0.29, 0.717) is 5.02 Å². The van der Waals surface area contributed by atoms with Crippen molar-refractivity contribution in [2.75, 3.05) is 0 Å². The normalized spacial score (nSPS) is 10.9. The van der Waals surface area contributed by atoms with Crippen molar-refractivity contribution in [2.45, 2.75) is 0 Å². The van der Waals surface area contributed by atoms with Crippen molar-refractivity contribution in [2.24, 2.45) is 0 Å². The number of hydrogen-bond donors (Lipinski definition) is 0. The van der Waals surface area contributed by atoms with Gasteiger partial charge >= 0.3 is 0 Å². The molecule has 0 atom stereocenters. The van der Waals surface area contributed by atoms with Gasteiger partial charge in [-0.05, 0) is 41.5 Å². The van der Waals surface area contributed by atoms with Gasteiger partial charge in [-0.1, -0.05) is 54.1 Å². The highest BCUT2D eigenvalue weighted by atomic mass is 35.5. The molecule has 0 amide bonds. The molecule has 0 radical (unpaired) electrons. The van der Waals surface area contributed by atoms with Crippen LogP contribution in [0.3, 0.4) is 0 Å². The maximum Gasteiger partial charge on any atom is 0.123 e. The van der Waals surface area contributed by atoms with Crippen LogP contribution < -0.4 is 0 Å². The lowest BCUT2D eigenvalue weighted by atomic mass is 9.92. The Balaban J connectivity index is 2.08. The Morgan fingerprint density at radius 2 is 1.54 bits per heavy atom. The zero-order valence-electron chi connectivity index (χ0n) is 12.7. The number of nitrogens with zero attached hydrogens (tertiary/aromatic N) is 1. The van der Waals surface area contributed by atoms with Crippen molar-refractivity contribution in [3.63, 3.8) is 0 Å². The Hall–Kier alpha value is -2.71. The second kappa shape index (κ2) is 6.06. The van der Waals surface area contributed by atoms with Crippen LogP contribution in [0.4, 0.5) is 4.39 Å². The molecule has 0 unspecified atom stereocenters. The number of halogens is 2. The average molecular weight is 334 g/mol. The van der Waals surface area contributed by atoms with Crippen molar-refractivity contribution in [1.29, 1.82) is 0 Å². The molecule has 116 valence electrons. The zero-order chi connectivity index (χ0) is 16.5. The summed E-state index contributed by atoms with van der Waals surface area (Å²) < 4.78 is 13.3. The van der Waals surface area contributed by atoms with E-state index in [1.165, 1.54) is 12.1 Å². The van der Waals surface area contributed by atoms with Gasteiger partial charge in [-0.25, -0.2) is 4.39 Å². The lowest BCUT2D eigenvalue weighted by Crippen LogP contribution is -1.91. The molecule has 0 spiro atoms. The van der Waals surface area contributed by atoms with Gasteiger partial charge in [-0.3, -0.25) is 4.98 Å². The molecule has 1 aromatic heterocycles. The van der Waals surface area contributed by atoms with Gasteiger partial charge in [0.05, 0.1) is 5.52 Å². The Kier molecular flexibility index (Phi) is 3.75. The Morgan fingerprint density at radius 1 is 0.792 bits per heavy atom. The molecule has 1 nitrogen and oxygen atoms in total. The van der Waals surface area contributed by atoms with E-state index >= 15 is 0 Å². The van der Waals surface area contributed by atoms with E-state index < -0.39 is 0 Å². The number of fused-ring (bicyclic) bond motifs is 1. The molecule has 0 N–H and O–H groups in total. The summed E-state index contributed by atoms with van der Waals surface area (Å²) in [4.78, 5) is 4.55. The molecular weight excluding hydrogens is 321 g/mol. The fraction of sp³-hybridized carbons (Fsp3) is 0. The smallest absolute Gasteiger partial charge is 0.123 e. The summed E-state index contributed by atoms with van der Waals surface area (Å²) in [6.07, 6.45) is 1.84. The predicted octanol–water partition coefficient (Wildman–Crippen LogP) is 6.36. The van der Waals surface area contributed by atoms with Gasteiger partial charge in [0.2, 0.25) is 0 Å². The first-order valence-electron chi connectivity index (χ1n) is 7.62. The molecule has 1 heterocycles. The zero-order valence-corrected chi connectivity index (χ0v) is 13.5. The first-order chi connectivity index (χ1) is 11.7. The van der Waals surface area contributed by atoms with Crippen molar-refractivity contribution in [1.82, 2.24) is 4.98 Å². The van der Waals surface area contributed by atoms with Crippen LogP contribution in [0.25, 0.3) is 33.2 Å². The van der Waals surface area contributed by atoms with E-state index in [9.17, 15) is 4.39 Å². The van der Waals surface area contributed by atoms with Crippen LogP contribution in [-0.2, 0) is 0 Å². The van der Waals surface area contributed by atoms with Crippen LogP contribution in [0, 0.1) is 5.82 Å². The predicted molar refractivity (Wildman–Crippen MR) is 97.6 cm³/mol. The Labute approximate surface area is 144 Å². The number of pyridine rings is 1. The van der Waals surface area contributed by atoms with E-state index in [2.05, 4.69) is 17.1 Å². The van der Waals surface area contributed by atoms with E-state index in [0.717, 1.165) is 33.2 Å². The van der Waals surface area contributed by atoms with Crippen LogP contribution in [0.5, 0.6) is 0 Å². The first kappa shape index (κ1) is 14.9. The monoisotopic (exact) mass is 333 g/mol. The maximum atomic E-state index is 13.3. The number of hydrogen-bond acceptors (Lipinski definition) is 1. The van der Waals surface area contributed by atoms with Gasteiger partial charge < -0.3 is 0 Å². The number of benzene rings is 3. The summed E-state index contributed by atoms with van der Waals surface area (Å²) in [7, 11) is 0. The van der Waals surface area contributed by atoms with Gasteiger partial charge in [-0.15, -0.1) is 0 Å².